The van der Waals surface area contributed by atoms with Crippen LogP contribution in [0.4, 0.5) is 0 Å². The van der Waals surface area contributed by atoms with Gasteiger partial charge in [0.1, 0.15) is 5.82 Å². The highest BCUT2D eigenvalue weighted by Crippen LogP contribution is 2.13. The summed E-state index contributed by atoms with van der Waals surface area (Å²) in [6.07, 6.45) is 3.66. The highest BCUT2D eigenvalue weighted by molar-refractivity contribution is 5.78. The fourth-order valence-corrected chi connectivity index (χ4v) is 2.16. The van der Waals surface area contributed by atoms with Gasteiger partial charge in [0.15, 0.2) is 0 Å². The molecule has 0 saturated heterocycles. The first-order chi connectivity index (χ1) is 9.58. The molecule has 0 spiro atoms. The van der Waals surface area contributed by atoms with Crippen molar-refractivity contribution < 1.29 is 4.79 Å². The predicted molar refractivity (Wildman–Crippen MR) is 79.1 cm³/mol. The third-order valence-electron chi connectivity index (χ3n) is 3.50. The first-order valence-electron chi connectivity index (χ1n) is 6.91. The number of aromatic nitrogens is 2. The summed E-state index contributed by atoms with van der Waals surface area (Å²) in [6.45, 7) is 6.53. The minimum Gasteiger partial charge on any atom is -0.349 e. The molecule has 2 aromatic rings. The molecule has 0 aliphatic heterocycles. The van der Waals surface area contributed by atoms with Crippen molar-refractivity contribution in [2.45, 2.75) is 33.4 Å². The molecule has 0 aliphatic rings. The van der Waals surface area contributed by atoms with Crippen LogP contribution in [0.25, 0.3) is 0 Å². The van der Waals surface area contributed by atoms with Gasteiger partial charge in [-0.2, -0.15) is 0 Å². The normalized spacial score (nSPS) is 13.8. The minimum atomic E-state index is -0.0888. The van der Waals surface area contributed by atoms with E-state index in [9.17, 15) is 4.79 Å². The van der Waals surface area contributed by atoms with Crippen LogP contribution in [0.5, 0.6) is 0 Å². The molecule has 20 heavy (non-hydrogen) atoms. The van der Waals surface area contributed by atoms with E-state index in [2.05, 4.69) is 10.3 Å². The molecular formula is C16H21N3O. The highest BCUT2D eigenvalue weighted by atomic mass is 16.1. The van der Waals surface area contributed by atoms with E-state index in [-0.39, 0.29) is 17.9 Å². The number of hydrogen-bond donors (Lipinski definition) is 1. The van der Waals surface area contributed by atoms with Crippen molar-refractivity contribution in [3.8, 4) is 0 Å². The Labute approximate surface area is 119 Å². The maximum Gasteiger partial charge on any atom is 0.225 e. The van der Waals surface area contributed by atoms with Gasteiger partial charge in [-0.3, -0.25) is 4.79 Å². The van der Waals surface area contributed by atoms with Gasteiger partial charge >= 0.3 is 0 Å². The summed E-state index contributed by atoms with van der Waals surface area (Å²) in [5.74, 6) is 0.907. The van der Waals surface area contributed by atoms with Gasteiger partial charge in [-0.25, -0.2) is 4.98 Å². The summed E-state index contributed by atoms with van der Waals surface area (Å²) in [5, 5.41) is 3.06. The molecule has 2 atom stereocenters. The van der Waals surface area contributed by atoms with Crippen LogP contribution in [0.3, 0.4) is 0 Å². The second-order valence-corrected chi connectivity index (χ2v) is 5.17. The fraction of sp³-hybridized carbons (Fsp3) is 0.375. The molecule has 2 unspecified atom stereocenters. The Kier molecular flexibility index (Phi) is 4.56. The lowest BCUT2D eigenvalue weighted by molar-refractivity contribution is -0.125. The van der Waals surface area contributed by atoms with Crippen LogP contribution >= 0.6 is 0 Å². The van der Waals surface area contributed by atoms with Gasteiger partial charge in [-0.05, 0) is 19.4 Å². The second-order valence-electron chi connectivity index (χ2n) is 5.17. The van der Waals surface area contributed by atoms with Crippen LogP contribution < -0.4 is 5.32 Å². The monoisotopic (exact) mass is 271 g/mol. The molecule has 0 radical (unpaired) electrons. The van der Waals surface area contributed by atoms with Crippen molar-refractivity contribution in [1.29, 1.82) is 0 Å². The molecule has 0 saturated carbocycles. The number of carbonyl (C=O) groups excluding carboxylic acids is 1. The van der Waals surface area contributed by atoms with Crippen LogP contribution in [0.1, 0.15) is 31.3 Å². The number of aryl methyl sites for hydroxylation is 1. The Morgan fingerprint density at radius 3 is 2.60 bits per heavy atom. The quantitative estimate of drug-likeness (QED) is 0.909. The topological polar surface area (TPSA) is 46.9 Å². The van der Waals surface area contributed by atoms with Crippen molar-refractivity contribution in [2.75, 3.05) is 0 Å². The fourth-order valence-electron chi connectivity index (χ4n) is 2.16. The van der Waals surface area contributed by atoms with Crippen LogP contribution in [-0.4, -0.2) is 15.5 Å². The van der Waals surface area contributed by atoms with E-state index in [0.29, 0.717) is 6.54 Å². The Bertz CT molecular complexity index is 562. The number of nitrogens with one attached hydrogen (secondary N) is 1. The third kappa shape index (κ3) is 3.47. The lowest BCUT2D eigenvalue weighted by Gasteiger charge is -2.18. The number of imidazole rings is 1. The van der Waals surface area contributed by atoms with E-state index in [0.717, 1.165) is 11.4 Å². The van der Waals surface area contributed by atoms with Gasteiger partial charge in [0.2, 0.25) is 5.91 Å². The Morgan fingerprint density at radius 1 is 1.30 bits per heavy atom. The molecule has 1 heterocycles. The van der Waals surface area contributed by atoms with Gasteiger partial charge in [-0.15, -0.1) is 0 Å². The smallest absolute Gasteiger partial charge is 0.225 e. The number of rotatable bonds is 5. The summed E-state index contributed by atoms with van der Waals surface area (Å²) in [4.78, 5) is 16.4. The molecule has 0 aliphatic carbocycles. The molecule has 4 heteroatoms. The molecule has 1 N–H and O–H groups in total. The van der Waals surface area contributed by atoms with E-state index in [1.165, 1.54) is 0 Å². The second kappa shape index (κ2) is 6.37. The largest absolute Gasteiger partial charge is 0.349 e. The van der Waals surface area contributed by atoms with Crippen molar-refractivity contribution >= 4 is 5.91 Å². The first kappa shape index (κ1) is 14.3. The average Bonchev–Trinajstić information content (AvgIpc) is 2.85. The Balaban J connectivity index is 1.93. The van der Waals surface area contributed by atoms with Crippen LogP contribution in [0, 0.1) is 12.8 Å². The average molecular weight is 271 g/mol. The zero-order valence-electron chi connectivity index (χ0n) is 12.2. The molecule has 0 fully saturated rings. The van der Waals surface area contributed by atoms with Gasteiger partial charge in [0.25, 0.3) is 0 Å². The Hall–Kier alpha value is -2.10. The molecule has 2 rings (SSSR count). The van der Waals surface area contributed by atoms with Crippen LogP contribution in [0.2, 0.25) is 0 Å². The molecule has 0 bridgehead atoms. The minimum absolute atomic E-state index is 0.0232. The van der Waals surface area contributed by atoms with Crippen molar-refractivity contribution in [1.82, 2.24) is 14.9 Å². The van der Waals surface area contributed by atoms with Crippen molar-refractivity contribution in [3.05, 3.63) is 54.1 Å². The first-order valence-corrected chi connectivity index (χ1v) is 6.91. The standard InChI is InChI=1S/C16H21N3O/c1-12(11-19-10-9-17-14(19)3)16(20)18-13(2)15-7-5-4-6-8-15/h4-10,12-13H,11H2,1-3H3,(H,18,20). The number of nitrogens with zero attached hydrogens (tertiary/aromatic N) is 2. The summed E-state index contributed by atoms with van der Waals surface area (Å²) < 4.78 is 2.00. The molecular weight excluding hydrogens is 250 g/mol. The van der Waals surface area contributed by atoms with E-state index >= 15 is 0 Å². The maximum absolute atomic E-state index is 12.2. The highest BCUT2D eigenvalue weighted by Gasteiger charge is 2.17. The number of amides is 1. The van der Waals surface area contributed by atoms with Crippen molar-refractivity contribution in [3.63, 3.8) is 0 Å². The van der Waals surface area contributed by atoms with E-state index in [1.807, 2.05) is 61.9 Å². The van der Waals surface area contributed by atoms with E-state index < -0.39 is 0 Å². The predicted octanol–water partition coefficient (Wildman–Crippen LogP) is 2.71. The lowest BCUT2D eigenvalue weighted by atomic mass is 10.1. The van der Waals surface area contributed by atoms with E-state index in [1.54, 1.807) is 6.20 Å². The molecule has 1 aromatic carbocycles. The number of carbonyl (C=O) groups is 1. The molecule has 1 amide bonds. The molecule has 1 aromatic heterocycles. The zero-order chi connectivity index (χ0) is 14.5. The summed E-state index contributed by atoms with van der Waals surface area (Å²) in [5.41, 5.74) is 1.12. The molecule has 106 valence electrons. The van der Waals surface area contributed by atoms with Gasteiger partial charge in [-0.1, -0.05) is 37.3 Å². The summed E-state index contributed by atoms with van der Waals surface area (Å²) in [6, 6.07) is 10.0. The Morgan fingerprint density at radius 2 is 2.00 bits per heavy atom. The zero-order valence-corrected chi connectivity index (χ0v) is 12.2. The summed E-state index contributed by atoms with van der Waals surface area (Å²) in [7, 11) is 0. The number of benzene rings is 1. The van der Waals surface area contributed by atoms with Crippen molar-refractivity contribution in [2.24, 2.45) is 5.92 Å². The number of hydrogen-bond acceptors (Lipinski definition) is 2. The van der Waals surface area contributed by atoms with Crippen LogP contribution in [-0.2, 0) is 11.3 Å². The summed E-state index contributed by atoms with van der Waals surface area (Å²) >= 11 is 0. The van der Waals surface area contributed by atoms with Gasteiger partial charge < -0.3 is 9.88 Å². The maximum atomic E-state index is 12.2. The van der Waals surface area contributed by atoms with Crippen LogP contribution in [0.15, 0.2) is 42.7 Å². The van der Waals surface area contributed by atoms with Gasteiger partial charge in [0.05, 0.1) is 12.0 Å². The van der Waals surface area contributed by atoms with E-state index in [4.69, 9.17) is 0 Å². The van der Waals surface area contributed by atoms with Gasteiger partial charge in [0, 0.05) is 18.9 Å². The molecule has 4 nitrogen and oxygen atoms in total. The SMILES string of the molecule is Cc1nccn1CC(C)C(=O)NC(C)c1ccccc1. The lowest BCUT2D eigenvalue weighted by Crippen LogP contribution is -2.33. The third-order valence-corrected chi connectivity index (χ3v) is 3.50.